The van der Waals surface area contributed by atoms with Crippen molar-refractivity contribution in [3.8, 4) is 11.4 Å². The number of benzene rings is 2. The number of aromatic amines is 1. The maximum Gasteiger partial charge on any atom is 0.222 e. The minimum absolute atomic E-state index is 0.104. The molecule has 0 spiro atoms. The highest BCUT2D eigenvalue weighted by Crippen LogP contribution is 2.18. The molecule has 26 heavy (non-hydrogen) atoms. The summed E-state index contributed by atoms with van der Waals surface area (Å²) in [6.45, 7) is 2.80. The van der Waals surface area contributed by atoms with Gasteiger partial charge in [0.2, 0.25) is 5.91 Å². The summed E-state index contributed by atoms with van der Waals surface area (Å²) in [4.78, 5) is 12.1. The number of hydrogen-bond acceptors (Lipinski definition) is 3. The van der Waals surface area contributed by atoms with Gasteiger partial charge in [0.25, 0.3) is 0 Å². The van der Waals surface area contributed by atoms with Gasteiger partial charge in [-0.2, -0.15) is 5.10 Å². The summed E-state index contributed by atoms with van der Waals surface area (Å²) < 4.78 is 15.2. The lowest BCUT2D eigenvalue weighted by molar-refractivity contribution is -0.121. The molecule has 0 unspecified atom stereocenters. The molecule has 0 atom stereocenters. The van der Waals surface area contributed by atoms with Gasteiger partial charge in [-0.15, -0.1) is 0 Å². The fraction of sp³-hybridized carbons (Fsp3) is 0.211. The second-order valence-electron chi connectivity index (χ2n) is 6.03. The van der Waals surface area contributed by atoms with E-state index in [1.807, 2.05) is 35.8 Å². The number of aromatic nitrogens is 3. The zero-order valence-electron chi connectivity index (χ0n) is 14.3. The Labute approximate surface area is 155 Å². The smallest absolute Gasteiger partial charge is 0.222 e. The number of aryl methyl sites for hydroxylation is 1. The van der Waals surface area contributed by atoms with Gasteiger partial charge in [0.1, 0.15) is 5.82 Å². The highest BCUT2D eigenvalue weighted by molar-refractivity contribution is 7.71. The molecular formula is C19H19FN4OS. The molecule has 1 amide bonds. The van der Waals surface area contributed by atoms with Crippen LogP contribution in [0.15, 0.2) is 48.5 Å². The quantitative estimate of drug-likeness (QED) is 0.650. The van der Waals surface area contributed by atoms with E-state index in [2.05, 4.69) is 15.5 Å². The van der Waals surface area contributed by atoms with Crippen molar-refractivity contribution in [2.45, 2.75) is 26.4 Å². The Kier molecular flexibility index (Phi) is 5.58. The molecule has 0 saturated carbocycles. The fourth-order valence-electron chi connectivity index (χ4n) is 2.63. The van der Waals surface area contributed by atoms with Gasteiger partial charge >= 0.3 is 0 Å². The summed E-state index contributed by atoms with van der Waals surface area (Å²) >= 11 is 5.29. The van der Waals surface area contributed by atoms with Crippen molar-refractivity contribution in [2.24, 2.45) is 0 Å². The van der Waals surface area contributed by atoms with Crippen molar-refractivity contribution in [3.63, 3.8) is 0 Å². The predicted octanol–water partition coefficient (Wildman–Crippen LogP) is 3.76. The summed E-state index contributed by atoms with van der Waals surface area (Å²) in [6.07, 6.45) is 0.272. The molecule has 134 valence electrons. The number of H-pyrrole nitrogens is 1. The number of carbonyl (C=O) groups excluding carboxylic acids is 1. The fourth-order valence-corrected chi connectivity index (χ4v) is 2.86. The summed E-state index contributed by atoms with van der Waals surface area (Å²) in [7, 11) is 0. The highest BCUT2D eigenvalue weighted by Gasteiger charge is 2.11. The SMILES string of the molecule is Cc1cccc(-c2n[nH]c(=S)n2CCC(=O)NCc2ccc(F)cc2)c1. The molecule has 0 bridgehead atoms. The predicted molar refractivity (Wildman–Crippen MR) is 100 cm³/mol. The van der Waals surface area contributed by atoms with Crippen LogP contribution in [-0.2, 0) is 17.9 Å². The minimum atomic E-state index is -0.293. The molecule has 7 heteroatoms. The van der Waals surface area contributed by atoms with Gasteiger partial charge in [-0.25, -0.2) is 4.39 Å². The molecule has 1 aromatic heterocycles. The van der Waals surface area contributed by atoms with Gasteiger partial charge in [0.05, 0.1) is 0 Å². The van der Waals surface area contributed by atoms with Crippen molar-refractivity contribution in [1.82, 2.24) is 20.1 Å². The molecule has 0 radical (unpaired) electrons. The average molecular weight is 370 g/mol. The van der Waals surface area contributed by atoms with E-state index in [1.54, 1.807) is 12.1 Å². The van der Waals surface area contributed by atoms with Crippen LogP contribution in [0.25, 0.3) is 11.4 Å². The standard InChI is InChI=1S/C19H19FN4OS/c1-13-3-2-4-15(11-13)18-22-23-19(26)24(18)10-9-17(25)21-12-14-5-7-16(20)8-6-14/h2-8,11H,9-10,12H2,1H3,(H,21,25)(H,23,26). The van der Waals surface area contributed by atoms with Gasteiger partial charge < -0.3 is 5.32 Å². The monoisotopic (exact) mass is 370 g/mol. The van der Waals surface area contributed by atoms with Crippen LogP contribution in [0.2, 0.25) is 0 Å². The van der Waals surface area contributed by atoms with Crippen molar-refractivity contribution in [1.29, 1.82) is 0 Å². The van der Waals surface area contributed by atoms with Crippen LogP contribution in [0.3, 0.4) is 0 Å². The molecule has 0 saturated heterocycles. The van der Waals surface area contributed by atoms with Gasteiger partial charge in [-0.3, -0.25) is 14.5 Å². The molecule has 0 aliphatic rings. The van der Waals surface area contributed by atoms with Crippen molar-refractivity contribution in [2.75, 3.05) is 0 Å². The van der Waals surface area contributed by atoms with Crippen LogP contribution >= 0.6 is 12.2 Å². The van der Waals surface area contributed by atoms with E-state index in [0.717, 1.165) is 16.7 Å². The lowest BCUT2D eigenvalue weighted by Gasteiger charge is -2.08. The number of nitrogens with one attached hydrogen (secondary N) is 2. The van der Waals surface area contributed by atoms with E-state index in [-0.39, 0.29) is 18.1 Å². The molecule has 2 aromatic carbocycles. The van der Waals surface area contributed by atoms with Crippen LogP contribution in [0, 0.1) is 17.5 Å². The Morgan fingerprint density at radius 3 is 2.77 bits per heavy atom. The second-order valence-corrected chi connectivity index (χ2v) is 6.41. The number of amides is 1. The van der Waals surface area contributed by atoms with Gasteiger partial charge in [0, 0.05) is 25.1 Å². The van der Waals surface area contributed by atoms with Gasteiger partial charge in [-0.05, 0) is 42.9 Å². The molecule has 5 nitrogen and oxygen atoms in total. The summed E-state index contributed by atoms with van der Waals surface area (Å²) in [6, 6.07) is 14.0. The maximum atomic E-state index is 12.9. The average Bonchev–Trinajstić information content (AvgIpc) is 3.00. The van der Waals surface area contributed by atoms with E-state index in [9.17, 15) is 9.18 Å². The molecule has 2 N–H and O–H groups in total. The summed E-state index contributed by atoms with van der Waals surface area (Å²) in [5, 5.41) is 9.91. The van der Waals surface area contributed by atoms with Crippen LogP contribution in [0.4, 0.5) is 4.39 Å². The third-order valence-electron chi connectivity index (χ3n) is 4.00. The van der Waals surface area contributed by atoms with E-state index in [0.29, 0.717) is 23.7 Å². The van der Waals surface area contributed by atoms with Crippen molar-refractivity contribution < 1.29 is 9.18 Å². The lowest BCUT2D eigenvalue weighted by Crippen LogP contribution is -2.24. The molecule has 0 fully saturated rings. The van der Waals surface area contributed by atoms with Crippen LogP contribution < -0.4 is 5.32 Å². The van der Waals surface area contributed by atoms with Crippen LogP contribution in [0.5, 0.6) is 0 Å². The first-order chi connectivity index (χ1) is 12.5. The first kappa shape index (κ1) is 18.0. The van der Waals surface area contributed by atoms with E-state index in [1.165, 1.54) is 12.1 Å². The molecule has 0 aliphatic heterocycles. The van der Waals surface area contributed by atoms with E-state index < -0.39 is 0 Å². The van der Waals surface area contributed by atoms with Crippen LogP contribution in [-0.4, -0.2) is 20.7 Å². The first-order valence-electron chi connectivity index (χ1n) is 8.26. The normalized spacial score (nSPS) is 10.7. The topological polar surface area (TPSA) is 62.7 Å². The number of rotatable bonds is 6. The van der Waals surface area contributed by atoms with Gasteiger partial charge in [-0.1, -0.05) is 35.9 Å². The summed E-state index contributed by atoms with van der Waals surface area (Å²) in [5.41, 5.74) is 2.92. The van der Waals surface area contributed by atoms with E-state index >= 15 is 0 Å². The van der Waals surface area contributed by atoms with Crippen molar-refractivity contribution >= 4 is 18.1 Å². The first-order valence-corrected chi connectivity index (χ1v) is 8.67. The van der Waals surface area contributed by atoms with Gasteiger partial charge in [0.15, 0.2) is 10.6 Å². The Morgan fingerprint density at radius 1 is 1.27 bits per heavy atom. The molecule has 0 aliphatic carbocycles. The maximum absolute atomic E-state index is 12.9. The second kappa shape index (κ2) is 8.05. The summed E-state index contributed by atoms with van der Waals surface area (Å²) in [5.74, 6) is 0.315. The zero-order chi connectivity index (χ0) is 18.5. The Bertz CT molecular complexity index is 962. The Hall–Kier alpha value is -2.80. The zero-order valence-corrected chi connectivity index (χ0v) is 15.1. The third kappa shape index (κ3) is 4.43. The minimum Gasteiger partial charge on any atom is -0.352 e. The largest absolute Gasteiger partial charge is 0.352 e. The third-order valence-corrected chi connectivity index (χ3v) is 4.31. The number of carbonyl (C=O) groups is 1. The number of halogens is 1. The lowest BCUT2D eigenvalue weighted by atomic mass is 10.1. The number of hydrogen-bond donors (Lipinski definition) is 2. The molecule has 1 heterocycles. The van der Waals surface area contributed by atoms with E-state index in [4.69, 9.17) is 12.2 Å². The van der Waals surface area contributed by atoms with Crippen molar-refractivity contribution in [3.05, 3.63) is 70.2 Å². The Balaban J connectivity index is 1.62. The molecule has 3 rings (SSSR count). The van der Waals surface area contributed by atoms with Crippen LogP contribution in [0.1, 0.15) is 17.5 Å². The Morgan fingerprint density at radius 2 is 2.04 bits per heavy atom. The highest BCUT2D eigenvalue weighted by atomic mass is 32.1. The number of nitrogens with zero attached hydrogens (tertiary/aromatic N) is 2. The molecule has 3 aromatic rings. The molecular weight excluding hydrogens is 351 g/mol.